The highest BCUT2D eigenvalue weighted by Crippen LogP contribution is 2.39. The predicted octanol–water partition coefficient (Wildman–Crippen LogP) is 3.62. The quantitative estimate of drug-likeness (QED) is 0.901. The van der Waals surface area contributed by atoms with Crippen molar-refractivity contribution in [3.05, 3.63) is 33.1 Å². The number of rotatable bonds is 2. The molecule has 1 aliphatic carbocycles. The van der Waals surface area contributed by atoms with E-state index in [0.717, 1.165) is 23.0 Å². The molecule has 0 amide bonds. The average Bonchev–Trinajstić information content (AvgIpc) is 2.84. The molecule has 0 aliphatic heterocycles. The van der Waals surface area contributed by atoms with Crippen LogP contribution < -0.4 is 5.32 Å². The lowest BCUT2D eigenvalue weighted by molar-refractivity contribution is 0.605. The van der Waals surface area contributed by atoms with Crippen LogP contribution in [0.3, 0.4) is 0 Å². The van der Waals surface area contributed by atoms with Crippen LogP contribution in [0.5, 0.6) is 0 Å². The van der Waals surface area contributed by atoms with Crippen molar-refractivity contribution in [2.24, 2.45) is 7.05 Å². The van der Waals surface area contributed by atoms with Gasteiger partial charge in [0.25, 0.3) is 0 Å². The molecular weight excluding hydrogens is 254 g/mol. The number of anilines is 1. The molecule has 1 unspecified atom stereocenters. The Labute approximate surface area is 109 Å². The van der Waals surface area contributed by atoms with Gasteiger partial charge < -0.3 is 5.32 Å². The second-order valence-corrected chi connectivity index (χ2v) is 6.16. The maximum absolute atomic E-state index is 6.09. The molecule has 3 nitrogen and oxygen atoms in total. The number of aryl methyl sites for hydroxylation is 2. The molecule has 17 heavy (non-hydrogen) atoms. The van der Waals surface area contributed by atoms with Crippen LogP contribution in [0.4, 0.5) is 5.82 Å². The van der Waals surface area contributed by atoms with Crippen LogP contribution in [0.1, 0.15) is 29.3 Å². The van der Waals surface area contributed by atoms with Crippen molar-refractivity contribution in [1.29, 1.82) is 0 Å². The van der Waals surface area contributed by atoms with Gasteiger partial charge in [-0.05, 0) is 30.9 Å². The Hall–Kier alpha value is -1.00. The van der Waals surface area contributed by atoms with Gasteiger partial charge >= 0.3 is 0 Å². The van der Waals surface area contributed by atoms with E-state index in [2.05, 4.69) is 16.5 Å². The summed E-state index contributed by atoms with van der Waals surface area (Å²) in [6, 6.07) is 4.46. The van der Waals surface area contributed by atoms with Gasteiger partial charge in [0.05, 0.1) is 10.4 Å². The van der Waals surface area contributed by atoms with E-state index >= 15 is 0 Å². The molecule has 2 aromatic rings. The van der Waals surface area contributed by atoms with E-state index in [1.54, 1.807) is 11.3 Å². The minimum Gasteiger partial charge on any atom is -0.362 e. The first kappa shape index (κ1) is 11.1. The Bertz CT molecular complexity index is 532. The van der Waals surface area contributed by atoms with Crippen molar-refractivity contribution in [1.82, 2.24) is 9.78 Å². The molecule has 0 saturated heterocycles. The SMILES string of the molecule is Cn1ccc(NC2CCCc3sc(Cl)cc32)n1. The van der Waals surface area contributed by atoms with Gasteiger partial charge in [-0.2, -0.15) is 5.10 Å². The van der Waals surface area contributed by atoms with Crippen molar-refractivity contribution in [3.63, 3.8) is 0 Å². The highest BCUT2D eigenvalue weighted by molar-refractivity contribution is 7.16. The summed E-state index contributed by atoms with van der Waals surface area (Å²) in [5.41, 5.74) is 1.36. The van der Waals surface area contributed by atoms with Crippen LogP contribution in [0.25, 0.3) is 0 Å². The maximum atomic E-state index is 6.09. The van der Waals surface area contributed by atoms with Gasteiger partial charge in [-0.1, -0.05) is 11.6 Å². The van der Waals surface area contributed by atoms with Gasteiger partial charge in [0.15, 0.2) is 0 Å². The summed E-state index contributed by atoms with van der Waals surface area (Å²) in [5.74, 6) is 0.938. The molecule has 1 N–H and O–H groups in total. The van der Waals surface area contributed by atoms with Gasteiger partial charge in [-0.25, -0.2) is 0 Å². The third-order valence-electron chi connectivity index (χ3n) is 3.12. The fourth-order valence-electron chi connectivity index (χ4n) is 2.34. The molecule has 0 fully saturated rings. The smallest absolute Gasteiger partial charge is 0.148 e. The molecule has 90 valence electrons. The van der Waals surface area contributed by atoms with Gasteiger partial charge in [-0.3, -0.25) is 4.68 Å². The molecule has 0 saturated carbocycles. The van der Waals surface area contributed by atoms with Crippen LogP contribution in [-0.4, -0.2) is 9.78 Å². The van der Waals surface area contributed by atoms with Crippen molar-refractivity contribution < 1.29 is 0 Å². The number of halogens is 1. The van der Waals surface area contributed by atoms with Crippen LogP contribution >= 0.6 is 22.9 Å². The van der Waals surface area contributed by atoms with Gasteiger partial charge in [0.2, 0.25) is 0 Å². The van der Waals surface area contributed by atoms with Crippen LogP contribution in [0.2, 0.25) is 4.34 Å². The zero-order valence-electron chi connectivity index (χ0n) is 9.61. The number of aromatic nitrogens is 2. The molecule has 1 atom stereocenters. The van der Waals surface area contributed by atoms with E-state index in [4.69, 9.17) is 11.6 Å². The van der Waals surface area contributed by atoms with Gasteiger partial charge in [0, 0.05) is 24.2 Å². The minimum atomic E-state index is 0.359. The predicted molar refractivity (Wildman–Crippen MR) is 71.8 cm³/mol. The van der Waals surface area contributed by atoms with E-state index in [0.29, 0.717) is 6.04 Å². The summed E-state index contributed by atoms with van der Waals surface area (Å²) >= 11 is 7.80. The van der Waals surface area contributed by atoms with E-state index in [-0.39, 0.29) is 0 Å². The van der Waals surface area contributed by atoms with Crippen molar-refractivity contribution in [2.45, 2.75) is 25.3 Å². The average molecular weight is 268 g/mol. The largest absolute Gasteiger partial charge is 0.362 e. The van der Waals surface area contributed by atoms with E-state index in [1.165, 1.54) is 16.9 Å². The summed E-state index contributed by atoms with van der Waals surface area (Å²) in [6.45, 7) is 0. The first-order valence-corrected chi connectivity index (χ1v) is 6.96. The summed E-state index contributed by atoms with van der Waals surface area (Å²) in [5, 5.41) is 7.85. The Morgan fingerprint density at radius 2 is 2.47 bits per heavy atom. The number of hydrogen-bond donors (Lipinski definition) is 1. The number of hydrogen-bond acceptors (Lipinski definition) is 3. The molecule has 3 rings (SSSR count). The summed E-state index contributed by atoms with van der Waals surface area (Å²) in [7, 11) is 1.93. The monoisotopic (exact) mass is 267 g/mol. The van der Waals surface area contributed by atoms with Crippen LogP contribution in [0.15, 0.2) is 18.3 Å². The minimum absolute atomic E-state index is 0.359. The molecule has 0 aromatic carbocycles. The fraction of sp³-hybridized carbons (Fsp3) is 0.417. The molecule has 2 aromatic heterocycles. The van der Waals surface area contributed by atoms with Crippen LogP contribution in [0, 0.1) is 0 Å². The van der Waals surface area contributed by atoms with Gasteiger partial charge in [0.1, 0.15) is 5.82 Å². The summed E-state index contributed by atoms with van der Waals surface area (Å²) in [4.78, 5) is 1.43. The number of fused-ring (bicyclic) bond motifs is 1. The third-order valence-corrected chi connectivity index (χ3v) is 4.46. The summed E-state index contributed by atoms with van der Waals surface area (Å²) < 4.78 is 2.71. The normalized spacial score (nSPS) is 19.1. The molecular formula is C12H14ClN3S. The first-order valence-electron chi connectivity index (χ1n) is 5.76. The zero-order valence-corrected chi connectivity index (χ0v) is 11.2. The lowest BCUT2D eigenvalue weighted by Gasteiger charge is -2.23. The van der Waals surface area contributed by atoms with Crippen LogP contribution in [-0.2, 0) is 13.5 Å². The summed E-state index contributed by atoms with van der Waals surface area (Å²) in [6.07, 6.45) is 5.48. The highest BCUT2D eigenvalue weighted by Gasteiger charge is 2.23. The Morgan fingerprint density at radius 3 is 3.24 bits per heavy atom. The number of thiophene rings is 1. The topological polar surface area (TPSA) is 29.9 Å². The van der Waals surface area contributed by atoms with E-state index < -0.39 is 0 Å². The van der Waals surface area contributed by atoms with E-state index in [9.17, 15) is 0 Å². The maximum Gasteiger partial charge on any atom is 0.148 e. The Balaban J connectivity index is 1.85. The first-order chi connectivity index (χ1) is 8.22. The standard InChI is InChI=1S/C12H14ClN3S/c1-16-6-5-12(15-16)14-9-3-2-4-10-8(9)7-11(13)17-10/h5-7,9H,2-4H2,1H3,(H,14,15). The van der Waals surface area contributed by atoms with Crippen molar-refractivity contribution >= 4 is 28.8 Å². The van der Waals surface area contributed by atoms with Gasteiger partial charge in [-0.15, -0.1) is 11.3 Å². The lowest BCUT2D eigenvalue weighted by atomic mass is 9.94. The second kappa shape index (κ2) is 4.35. The molecule has 2 heterocycles. The Kier molecular flexibility index (Phi) is 2.84. The molecule has 0 radical (unpaired) electrons. The fourth-order valence-corrected chi connectivity index (χ4v) is 3.73. The number of nitrogens with zero attached hydrogens (tertiary/aromatic N) is 2. The molecule has 0 spiro atoms. The van der Waals surface area contributed by atoms with E-state index in [1.807, 2.05) is 24.0 Å². The third kappa shape index (κ3) is 2.19. The Morgan fingerprint density at radius 1 is 1.59 bits per heavy atom. The second-order valence-electron chi connectivity index (χ2n) is 4.39. The zero-order chi connectivity index (χ0) is 11.8. The molecule has 1 aliphatic rings. The molecule has 5 heteroatoms. The highest BCUT2D eigenvalue weighted by atomic mass is 35.5. The number of nitrogens with one attached hydrogen (secondary N) is 1. The molecule has 0 bridgehead atoms. The van der Waals surface area contributed by atoms with Crippen molar-refractivity contribution in [3.8, 4) is 0 Å². The lowest BCUT2D eigenvalue weighted by Crippen LogP contribution is -2.16. The van der Waals surface area contributed by atoms with Crippen molar-refractivity contribution in [2.75, 3.05) is 5.32 Å².